The van der Waals surface area contributed by atoms with Crippen LogP contribution < -0.4 is 4.74 Å². The van der Waals surface area contributed by atoms with Crippen LogP contribution in [0.2, 0.25) is 10.0 Å². The second-order valence-electron chi connectivity index (χ2n) is 6.13. The molecule has 4 aromatic rings. The van der Waals surface area contributed by atoms with Crippen molar-refractivity contribution >= 4 is 50.7 Å². The molecule has 0 fully saturated rings. The molecule has 2 nitrogen and oxygen atoms in total. The average molecular weight is 381 g/mol. The quantitative estimate of drug-likeness (QED) is 0.216. The summed E-state index contributed by atoms with van der Waals surface area (Å²) in [4.78, 5) is 12.7. The molecule has 0 N–H and O–H groups in total. The molecule has 4 rings (SSSR count). The van der Waals surface area contributed by atoms with Crippen LogP contribution in [-0.4, -0.2) is 5.97 Å². The van der Waals surface area contributed by atoms with Gasteiger partial charge in [-0.2, -0.15) is 0 Å². The Morgan fingerprint density at radius 1 is 0.846 bits per heavy atom. The molecule has 128 valence electrons. The van der Waals surface area contributed by atoms with Gasteiger partial charge in [0.2, 0.25) is 0 Å². The molecule has 0 aliphatic carbocycles. The van der Waals surface area contributed by atoms with Crippen LogP contribution in [0.5, 0.6) is 5.75 Å². The lowest BCUT2D eigenvalue weighted by Gasteiger charge is -2.14. The minimum Gasteiger partial charge on any atom is -0.422 e. The number of carbonyl (C=O) groups excluding carboxylic acids is 1. The first-order valence-corrected chi connectivity index (χ1v) is 8.88. The number of rotatable bonds is 2. The highest BCUT2D eigenvalue weighted by atomic mass is 35.5. The lowest BCUT2D eigenvalue weighted by molar-refractivity contribution is 0.0739. The zero-order valence-electron chi connectivity index (χ0n) is 13.9. The Morgan fingerprint density at radius 3 is 2.31 bits per heavy atom. The van der Waals surface area contributed by atoms with Gasteiger partial charge in [0.1, 0.15) is 5.75 Å². The van der Waals surface area contributed by atoms with Crippen LogP contribution in [0, 0.1) is 6.92 Å². The fourth-order valence-corrected chi connectivity index (χ4v) is 3.52. The minimum atomic E-state index is -0.432. The third-order valence-corrected chi connectivity index (χ3v) is 5.00. The molecule has 0 aliphatic heterocycles. The highest BCUT2D eigenvalue weighted by Crippen LogP contribution is 2.41. The van der Waals surface area contributed by atoms with Crippen LogP contribution in [0.3, 0.4) is 0 Å². The molecule has 0 unspecified atom stereocenters. The first kappa shape index (κ1) is 16.9. The van der Waals surface area contributed by atoms with Crippen molar-refractivity contribution < 1.29 is 9.53 Å². The number of hydrogen-bond donors (Lipinski definition) is 0. The number of esters is 1. The van der Waals surface area contributed by atoms with E-state index in [0.717, 1.165) is 21.7 Å². The number of ether oxygens (including phenoxy) is 1. The molecule has 0 heterocycles. The number of halogens is 2. The van der Waals surface area contributed by atoms with Crippen molar-refractivity contribution in [2.24, 2.45) is 0 Å². The van der Waals surface area contributed by atoms with E-state index in [1.165, 1.54) is 0 Å². The van der Waals surface area contributed by atoms with Crippen LogP contribution in [0.25, 0.3) is 21.5 Å². The Labute approximate surface area is 160 Å². The maximum Gasteiger partial charge on any atom is 0.343 e. The number of hydrogen-bond acceptors (Lipinski definition) is 2. The Kier molecular flexibility index (Phi) is 4.31. The molecular weight excluding hydrogens is 367 g/mol. The molecule has 0 bridgehead atoms. The maximum absolute atomic E-state index is 12.7. The van der Waals surface area contributed by atoms with E-state index in [1.807, 2.05) is 55.5 Å². The van der Waals surface area contributed by atoms with Gasteiger partial charge in [0.25, 0.3) is 0 Å². The molecule has 0 saturated heterocycles. The Morgan fingerprint density at radius 2 is 1.54 bits per heavy atom. The number of aryl methyl sites for hydroxylation is 1. The van der Waals surface area contributed by atoms with Gasteiger partial charge in [-0.1, -0.05) is 65.2 Å². The van der Waals surface area contributed by atoms with E-state index in [9.17, 15) is 4.79 Å². The van der Waals surface area contributed by atoms with E-state index in [0.29, 0.717) is 26.7 Å². The molecule has 26 heavy (non-hydrogen) atoms. The summed E-state index contributed by atoms with van der Waals surface area (Å²) in [6.45, 7) is 1.97. The van der Waals surface area contributed by atoms with Crippen molar-refractivity contribution in [2.75, 3.05) is 0 Å². The van der Waals surface area contributed by atoms with Crippen molar-refractivity contribution in [3.05, 3.63) is 87.9 Å². The van der Waals surface area contributed by atoms with Crippen LogP contribution in [0.15, 0.2) is 66.7 Å². The van der Waals surface area contributed by atoms with Gasteiger partial charge in [-0.3, -0.25) is 0 Å². The highest BCUT2D eigenvalue weighted by molar-refractivity contribution is 6.39. The predicted molar refractivity (Wildman–Crippen MR) is 108 cm³/mol. The number of carbonyl (C=O) groups is 1. The zero-order valence-corrected chi connectivity index (χ0v) is 15.4. The smallest absolute Gasteiger partial charge is 0.343 e. The normalized spacial score (nSPS) is 11.0. The van der Waals surface area contributed by atoms with Crippen LogP contribution in [0.1, 0.15) is 15.9 Å². The first-order valence-electron chi connectivity index (χ1n) is 8.13. The molecule has 0 amide bonds. The summed E-state index contributed by atoms with van der Waals surface area (Å²) < 4.78 is 5.82. The number of fused-ring (bicyclic) bond motifs is 2. The third-order valence-electron chi connectivity index (χ3n) is 4.35. The zero-order chi connectivity index (χ0) is 18.3. The second kappa shape index (κ2) is 6.64. The lowest BCUT2D eigenvalue weighted by atomic mass is 10.0. The van der Waals surface area contributed by atoms with Crippen molar-refractivity contribution in [3.8, 4) is 5.75 Å². The van der Waals surface area contributed by atoms with E-state index < -0.39 is 5.97 Å². The van der Waals surface area contributed by atoms with Crippen molar-refractivity contribution in [2.45, 2.75) is 6.92 Å². The van der Waals surface area contributed by atoms with Crippen LogP contribution in [-0.2, 0) is 0 Å². The number of benzene rings is 4. The summed E-state index contributed by atoms with van der Waals surface area (Å²) in [6.07, 6.45) is 0. The van der Waals surface area contributed by atoms with E-state index in [2.05, 4.69) is 0 Å². The molecule has 0 aliphatic rings. The van der Waals surface area contributed by atoms with Crippen molar-refractivity contribution in [3.63, 3.8) is 0 Å². The van der Waals surface area contributed by atoms with Gasteiger partial charge >= 0.3 is 5.97 Å². The molecule has 4 aromatic carbocycles. The molecule has 0 spiro atoms. The second-order valence-corrected chi connectivity index (χ2v) is 6.95. The van der Waals surface area contributed by atoms with Gasteiger partial charge < -0.3 is 4.74 Å². The van der Waals surface area contributed by atoms with Gasteiger partial charge in [0, 0.05) is 21.2 Å². The largest absolute Gasteiger partial charge is 0.422 e. The maximum atomic E-state index is 12.7. The van der Waals surface area contributed by atoms with Crippen LogP contribution in [0.4, 0.5) is 0 Å². The molecule has 0 radical (unpaired) electrons. The van der Waals surface area contributed by atoms with Crippen molar-refractivity contribution in [1.82, 2.24) is 0 Å². The first-order chi connectivity index (χ1) is 12.5. The Bertz CT molecular complexity index is 1150. The fraction of sp³-hybridized carbons (Fsp3) is 0.0455. The van der Waals surface area contributed by atoms with Crippen LogP contribution >= 0.6 is 23.2 Å². The van der Waals surface area contributed by atoms with E-state index >= 15 is 0 Å². The van der Waals surface area contributed by atoms with Gasteiger partial charge in [-0.15, -0.1) is 0 Å². The molecule has 0 aromatic heterocycles. The third kappa shape index (κ3) is 2.92. The average Bonchev–Trinajstić information content (AvgIpc) is 2.63. The standard InChI is InChI=1S/C22H14Cl2O2/c1-13-8-10-14(11-9-13)22(25)26-21-16-5-3-6-18(23)17(16)12-15-4-2-7-19(24)20(15)21/h2-12H,1H3. The monoisotopic (exact) mass is 380 g/mol. The summed E-state index contributed by atoms with van der Waals surface area (Å²) >= 11 is 12.8. The molecule has 0 saturated carbocycles. The highest BCUT2D eigenvalue weighted by Gasteiger charge is 2.17. The Hall–Kier alpha value is -2.55. The van der Waals surface area contributed by atoms with Gasteiger partial charge in [0.15, 0.2) is 0 Å². The predicted octanol–water partition coefficient (Wildman–Crippen LogP) is 6.83. The summed E-state index contributed by atoms with van der Waals surface area (Å²) in [6, 6.07) is 20.3. The summed E-state index contributed by atoms with van der Waals surface area (Å²) in [7, 11) is 0. The SMILES string of the molecule is Cc1ccc(C(=O)Oc2c3cccc(Cl)c3cc3cccc(Cl)c23)cc1. The molecule has 0 atom stereocenters. The topological polar surface area (TPSA) is 26.3 Å². The molecule has 4 heteroatoms. The van der Waals surface area contributed by atoms with Gasteiger partial charge in [-0.25, -0.2) is 4.79 Å². The molecular formula is C22H14Cl2O2. The van der Waals surface area contributed by atoms with Crippen molar-refractivity contribution in [1.29, 1.82) is 0 Å². The lowest BCUT2D eigenvalue weighted by Crippen LogP contribution is -2.09. The Balaban J connectivity index is 1.95. The summed E-state index contributed by atoms with van der Waals surface area (Å²) in [5.41, 5.74) is 1.56. The minimum absolute atomic E-state index is 0.427. The summed E-state index contributed by atoms with van der Waals surface area (Å²) in [5, 5.41) is 4.25. The van der Waals surface area contributed by atoms with E-state index in [1.54, 1.807) is 18.2 Å². The van der Waals surface area contributed by atoms with E-state index in [4.69, 9.17) is 27.9 Å². The van der Waals surface area contributed by atoms with Gasteiger partial charge in [-0.05, 0) is 42.6 Å². The van der Waals surface area contributed by atoms with E-state index in [-0.39, 0.29) is 0 Å². The summed E-state index contributed by atoms with van der Waals surface area (Å²) in [5.74, 6) is -0.00475. The fourth-order valence-electron chi connectivity index (χ4n) is 3.02. The van der Waals surface area contributed by atoms with Gasteiger partial charge in [0.05, 0.1) is 10.6 Å².